The molecule has 0 spiro atoms. The van der Waals surface area contributed by atoms with Crippen LogP contribution in [0, 0.1) is 12.8 Å². The minimum atomic E-state index is -4.68. The number of benzene rings is 2. The minimum Gasteiger partial charge on any atom is -0.341 e. The van der Waals surface area contributed by atoms with Crippen LogP contribution in [-0.4, -0.2) is 45.4 Å². The first-order valence-electron chi connectivity index (χ1n) is 10.4. The molecule has 0 aliphatic carbocycles. The maximum Gasteiger partial charge on any atom is 0.416 e. The number of piperidine rings is 1. The largest absolute Gasteiger partial charge is 0.416 e. The van der Waals surface area contributed by atoms with Crippen LogP contribution in [0.15, 0.2) is 47.4 Å². The van der Waals surface area contributed by atoms with E-state index in [4.69, 9.17) is 17.3 Å². The summed E-state index contributed by atoms with van der Waals surface area (Å²) >= 11 is 5.86. The molecule has 1 amide bonds. The number of carbonyl (C=O) groups is 1. The van der Waals surface area contributed by atoms with Crippen molar-refractivity contribution in [3.63, 3.8) is 0 Å². The third-order valence-corrected chi connectivity index (χ3v) is 7.72. The zero-order valence-corrected chi connectivity index (χ0v) is 19.6. The number of aryl methyl sites for hydroxylation is 1. The van der Waals surface area contributed by atoms with E-state index in [1.54, 1.807) is 0 Å². The van der Waals surface area contributed by atoms with Crippen molar-refractivity contribution in [1.29, 1.82) is 0 Å². The van der Waals surface area contributed by atoms with Crippen molar-refractivity contribution in [3.8, 4) is 0 Å². The summed E-state index contributed by atoms with van der Waals surface area (Å²) in [7, 11) is -4.37. The quantitative estimate of drug-likeness (QED) is 0.644. The Balaban J connectivity index is 2.06. The van der Waals surface area contributed by atoms with Gasteiger partial charge in [0.25, 0.3) is 10.0 Å². The fourth-order valence-electron chi connectivity index (χ4n) is 3.79. The molecular formula is C22H25ClF3N3O3S. The smallest absolute Gasteiger partial charge is 0.341 e. The molecule has 2 aromatic rings. The van der Waals surface area contributed by atoms with Crippen molar-refractivity contribution < 1.29 is 26.4 Å². The monoisotopic (exact) mass is 503 g/mol. The number of sulfonamides is 1. The number of carbonyl (C=O) groups excluding carboxylic acids is 1. The first kappa shape index (κ1) is 25.3. The normalized spacial score (nSPS) is 17.2. The van der Waals surface area contributed by atoms with E-state index in [9.17, 15) is 26.4 Å². The van der Waals surface area contributed by atoms with Gasteiger partial charge in [0.05, 0.1) is 16.1 Å². The Bertz CT molecular complexity index is 1110. The van der Waals surface area contributed by atoms with Crippen LogP contribution >= 0.6 is 11.6 Å². The lowest BCUT2D eigenvalue weighted by Crippen LogP contribution is -2.47. The Labute approximate surface area is 196 Å². The number of nitrogens with zero attached hydrogens (tertiary/aromatic N) is 2. The van der Waals surface area contributed by atoms with Gasteiger partial charge in [0, 0.05) is 18.1 Å². The number of anilines is 1. The van der Waals surface area contributed by atoms with Crippen LogP contribution in [0.5, 0.6) is 0 Å². The van der Waals surface area contributed by atoms with Gasteiger partial charge in [-0.05, 0) is 74.2 Å². The second-order valence-corrected chi connectivity index (χ2v) is 10.3. The molecule has 1 saturated heterocycles. The van der Waals surface area contributed by atoms with Crippen LogP contribution in [0.2, 0.25) is 5.02 Å². The zero-order valence-electron chi connectivity index (χ0n) is 18.0. The van der Waals surface area contributed by atoms with Crippen molar-refractivity contribution in [2.24, 2.45) is 11.7 Å². The summed E-state index contributed by atoms with van der Waals surface area (Å²) in [6.07, 6.45) is -3.09. The molecule has 33 heavy (non-hydrogen) atoms. The number of amides is 1. The standard InChI is InChI=1S/C22H25ClF3N3O3S/c1-15-4-5-17(22(24,25)26)11-20(15)29(33(31,32)19-8-6-18(23)7-9-19)14-21(30)28-10-2-3-16(12-27)13-28/h4-9,11,16H,2-3,10,12-14,27H2,1H3. The Morgan fingerprint density at radius 2 is 1.88 bits per heavy atom. The molecule has 0 radical (unpaired) electrons. The van der Waals surface area contributed by atoms with Gasteiger partial charge in [-0.1, -0.05) is 17.7 Å². The molecule has 1 fully saturated rings. The predicted octanol–water partition coefficient (Wildman–Crippen LogP) is 4.06. The summed E-state index contributed by atoms with van der Waals surface area (Å²) in [6.45, 7) is 2.07. The lowest BCUT2D eigenvalue weighted by Gasteiger charge is -2.34. The van der Waals surface area contributed by atoms with Crippen LogP contribution in [-0.2, 0) is 21.0 Å². The van der Waals surface area contributed by atoms with Gasteiger partial charge in [-0.3, -0.25) is 9.10 Å². The van der Waals surface area contributed by atoms with Crippen molar-refractivity contribution in [3.05, 3.63) is 58.6 Å². The molecule has 3 rings (SSSR count). The number of alkyl halides is 3. The first-order chi connectivity index (χ1) is 15.4. The van der Waals surface area contributed by atoms with E-state index in [0.29, 0.717) is 24.7 Å². The molecule has 1 unspecified atom stereocenters. The van der Waals surface area contributed by atoms with E-state index in [1.807, 2.05) is 0 Å². The maximum absolute atomic E-state index is 13.5. The van der Waals surface area contributed by atoms with Gasteiger partial charge in [-0.25, -0.2) is 8.42 Å². The number of hydrogen-bond donors (Lipinski definition) is 1. The Morgan fingerprint density at radius 3 is 2.48 bits per heavy atom. The van der Waals surface area contributed by atoms with Gasteiger partial charge >= 0.3 is 6.18 Å². The highest BCUT2D eigenvalue weighted by atomic mass is 35.5. The average Bonchev–Trinajstić information content (AvgIpc) is 2.77. The molecule has 0 aromatic heterocycles. The van der Waals surface area contributed by atoms with Crippen LogP contribution in [0.3, 0.4) is 0 Å². The fraction of sp³-hybridized carbons (Fsp3) is 0.409. The highest BCUT2D eigenvalue weighted by molar-refractivity contribution is 7.92. The van der Waals surface area contributed by atoms with Crippen molar-refractivity contribution in [1.82, 2.24) is 4.90 Å². The molecule has 6 nitrogen and oxygen atoms in total. The number of rotatable bonds is 6. The van der Waals surface area contributed by atoms with E-state index < -0.39 is 34.2 Å². The molecule has 2 N–H and O–H groups in total. The van der Waals surface area contributed by atoms with Crippen LogP contribution in [0.4, 0.5) is 18.9 Å². The topological polar surface area (TPSA) is 83.7 Å². The summed E-state index contributed by atoms with van der Waals surface area (Å²) in [5, 5.41) is 0.299. The highest BCUT2D eigenvalue weighted by Crippen LogP contribution is 2.35. The van der Waals surface area contributed by atoms with Crippen molar-refractivity contribution >= 4 is 33.2 Å². The van der Waals surface area contributed by atoms with E-state index in [-0.39, 0.29) is 22.1 Å². The second kappa shape index (κ2) is 9.90. The van der Waals surface area contributed by atoms with Crippen molar-refractivity contribution in [2.75, 3.05) is 30.5 Å². The minimum absolute atomic E-state index is 0.0966. The summed E-state index contributed by atoms with van der Waals surface area (Å²) in [5.74, 6) is -0.401. The lowest BCUT2D eigenvalue weighted by molar-refractivity contribution is -0.137. The van der Waals surface area contributed by atoms with Gasteiger partial charge in [-0.2, -0.15) is 13.2 Å². The molecule has 1 heterocycles. The fourth-order valence-corrected chi connectivity index (χ4v) is 5.39. The van der Waals surface area contributed by atoms with E-state index >= 15 is 0 Å². The third kappa shape index (κ3) is 5.80. The molecule has 1 aliphatic rings. The number of halogens is 4. The summed E-state index contributed by atoms with van der Waals surface area (Å²) in [6, 6.07) is 8.07. The zero-order chi connectivity index (χ0) is 24.4. The number of hydrogen-bond acceptors (Lipinski definition) is 4. The summed E-state index contributed by atoms with van der Waals surface area (Å²) in [4.78, 5) is 14.4. The van der Waals surface area contributed by atoms with Gasteiger partial charge in [0.2, 0.25) is 5.91 Å². The molecule has 0 bridgehead atoms. The van der Waals surface area contributed by atoms with E-state index in [0.717, 1.165) is 29.3 Å². The number of nitrogens with two attached hydrogens (primary N) is 1. The number of likely N-dealkylation sites (tertiary alicyclic amines) is 1. The van der Waals surface area contributed by atoms with Crippen molar-refractivity contribution in [2.45, 2.75) is 30.8 Å². The summed E-state index contributed by atoms with van der Waals surface area (Å²) < 4.78 is 67.9. The first-order valence-corrected chi connectivity index (χ1v) is 12.2. The van der Waals surface area contributed by atoms with Crippen LogP contribution in [0.25, 0.3) is 0 Å². The molecule has 180 valence electrons. The van der Waals surface area contributed by atoms with Gasteiger partial charge in [0.1, 0.15) is 6.54 Å². The molecule has 0 saturated carbocycles. The molecule has 1 atom stereocenters. The molecule has 11 heteroatoms. The Morgan fingerprint density at radius 1 is 1.21 bits per heavy atom. The molecule has 2 aromatic carbocycles. The van der Waals surface area contributed by atoms with E-state index in [2.05, 4.69) is 0 Å². The van der Waals surface area contributed by atoms with Gasteiger partial charge in [0.15, 0.2) is 0 Å². The van der Waals surface area contributed by atoms with Gasteiger partial charge in [-0.15, -0.1) is 0 Å². The average molecular weight is 504 g/mol. The second-order valence-electron chi connectivity index (χ2n) is 8.05. The highest BCUT2D eigenvalue weighted by Gasteiger charge is 2.35. The molecular weight excluding hydrogens is 479 g/mol. The third-order valence-electron chi connectivity index (χ3n) is 5.69. The summed E-state index contributed by atoms with van der Waals surface area (Å²) in [5.41, 5.74) is 4.80. The van der Waals surface area contributed by atoms with E-state index in [1.165, 1.54) is 42.2 Å². The predicted molar refractivity (Wildman–Crippen MR) is 121 cm³/mol. The van der Waals surface area contributed by atoms with Gasteiger partial charge < -0.3 is 10.6 Å². The SMILES string of the molecule is Cc1ccc(C(F)(F)F)cc1N(CC(=O)N1CCCC(CN)C1)S(=O)(=O)c1ccc(Cl)cc1. The lowest BCUT2D eigenvalue weighted by atomic mass is 9.98. The Hall–Kier alpha value is -2.30. The maximum atomic E-state index is 13.5. The van der Waals surface area contributed by atoms with Crippen LogP contribution in [0.1, 0.15) is 24.0 Å². The van der Waals surface area contributed by atoms with Crippen LogP contribution < -0.4 is 10.0 Å². The molecule has 1 aliphatic heterocycles. The Kier molecular flexibility index (Phi) is 7.60.